The van der Waals surface area contributed by atoms with Gasteiger partial charge in [-0.1, -0.05) is 35.5 Å². The van der Waals surface area contributed by atoms with Gasteiger partial charge in [0.15, 0.2) is 0 Å². The summed E-state index contributed by atoms with van der Waals surface area (Å²) in [6.45, 7) is 4.13. The third-order valence-electron chi connectivity index (χ3n) is 3.38. The first-order valence-electron chi connectivity index (χ1n) is 6.40. The highest BCUT2D eigenvalue weighted by Crippen LogP contribution is 2.28. The standard InChI is InChI=1S/C14H14ClN5S/c1-7-3-4-9-5-10(12(15)17-11(9)8(7)2)6-21-14-18-13(16)19-20-14/h3-5H,6H2,1-2H3,(H3,16,18,19,20). The van der Waals surface area contributed by atoms with Crippen LogP contribution in [0, 0.1) is 13.8 Å². The number of hydrogen-bond donors (Lipinski definition) is 2. The van der Waals surface area contributed by atoms with E-state index in [2.05, 4.69) is 52.2 Å². The van der Waals surface area contributed by atoms with Gasteiger partial charge in [0.2, 0.25) is 11.1 Å². The summed E-state index contributed by atoms with van der Waals surface area (Å²) in [7, 11) is 0. The van der Waals surface area contributed by atoms with E-state index in [0.29, 0.717) is 22.0 Å². The molecule has 2 aromatic heterocycles. The lowest BCUT2D eigenvalue weighted by atomic mass is 10.0. The number of halogens is 1. The zero-order chi connectivity index (χ0) is 15.0. The molecule has 0 spiro atoms. The predicted molar refractivity (Wildman–Crippen MR) is 86.6 cm³/mol. The molecule has 0 amide bonds. The monoisotopic (exact) mass is 319 g/mol. The van der Waals surface area contributed by atoms with Gasteiger partial charge in [-0.15, -0.1) is 5.10 Å². The first-order chi connectivity index (χ1) is 10.0. The highest BCUT2D eigenvalue weighted by molar-refractivity contribution is 7.98. The molecule has 3 rings (SSSR count). The second-order valence-corrected chi connectivity index (χ2v) is 6.11. The van der Waals surface area contributed by atoms with Crippen LogP contribution in [-0.4, -0.2) is 20.2 Å². The van der Waals surface area contributed by atoms with Crippen LogP contribution in [0.4, 0.5) is 5.95 Å². The summed E-state index contributed by atoms with van der Waals surface area (Å²) in [5, 5.41) is 8.81. The smallest absolute Gasteiger partial charge is 0.216 e. The van der Waals surface area contributed by atoms with Crippen LogP contribution in [0.1, 0.15) is 16.7 Å². The summed E-state index contributed by atoms with van der Waals surface area (Å²) in [4.78, 5) is 8.59. The lowest BCUT2D eigenvalue weighted by molar-refractivity contribution is 0.973. The Hall–Kier alpha value is -1.79. The number of hydrogen-bond acceptors (Lipinski definition) is 5. The van der Waals surface area contributed by atoms with E-state index in [1.54, 1.807) is 0 Å². The number of anilines is 1. The third-order valence-corrected chi connectivity index (χ3v) is 4.60. The number of benzene rings is 1. The van der Waals surface area contributed by atoms with Crippen molar-refractivity contribution in [1.29, 1.82) is 0 Å². The van der Waals surface area contributed by atoms with Gasteiger partial charge in [-0.2, -0.15) is 4.98 Å². The number of aromatic nitrogens is 4. The molecule has 0 saturated carbocycles. The molecule has 0 atom stereocenters. The second-order valence-electron chi connectivity index (χ2n) is 4.81. The Balaban J connectivity index is 1.92. The Bertz CT molecular complexity index is 814. The van der Waals surface area contributed by atoms with Gasteiger partial charge in [0, 0.05) is 16.7 Å². The maximum Gasteiger partial charge on any atom is 0.216 e. The zero-order valence-corrected chi connectivity index (χ0v) is 13.2. The molecule has 3 N–H and O–H groups in total. The molecule has 7 heteroatoms. The molecule has 2 heterocycles. The van der Waals surface area contributed by atoms with Crippen LogP contribution in [-0.2, 0) is 5.75 Å². The zero-order valence-electron chi connectivity index (χ0n) is 11.6. The number of pyridine rings is 1. The van der Waals surface area contributed by atoms with Crippen molar-refractivity contribution in [1.82, 2.24) is 20.2 Å². The summed E-state index contributed by atoms with van der Waals surface area (Å²) in [5.74, 6) is 0.956. The fourth-order valence-corrected chi connectivity index (χ4v) is 3.13. The van der Waals surface area contributed by atoms with Gasteiger partial charge < -0.3 is 5.73 Å². The van der Waals surface area contributed by atoms with Gasteiger partial charge in [-0.25, -0.2) is 10.1 Å². The number of nitrogen functional groups attached to an aromatic ring is 1. The summed E-state index contributed by atoms with van der Waals surface area (Å²) in [5.41, 5.74) is 9.79. The number of thioether (sulfide) groups is 1. The van der Waals surface area contributed by atoms with E-state index in [-0.39, 0.29) is 0 Å². The van der Waals surface area contributed by atoms with Crippen LogP contribution < -0.4 is 5.73 Å². The minimum Gasteiger partial charge on any atom is -0.368 e. The minimum atomic E-state index is 0.311. The van der Waals surface area contributed by atoms with Crippen molar-refractivity contribution in [3.63, 3.8) is 0 Å². The summed E-state index contributed by atoms with van der Waals surface area (Å²) in [6.07, 6.45) is 0. The molecule has 5 nitrogen and oxygen atoms in total. The van der Waals surface area contributed by atoms with Crippen LogP contribution in [0.3, 0.4) is 0 Å². The minimum absolute atomic E-state index is 0.311. The summed E-state index contributed by atoms with van der Waals surface area (Å²) < 4.78 is 0. The summed E-state index contributed by atoms with van der Waals surface area (Å²) >= 11 is 7.77. The number of fused-ring (bicyclic) bond motifs is 1. The molecule has 0 unspecified atom stereocenters. The second kappa shape index (κ2) is 5.54. The lowest BCUT2D eigenvalue weighted by Crippen LogP contribution is -1.93. The SMILES string of the molecule is Cc1ccc2cc(CSc3n[nH]c(N)n3)c(Cl)nc2c1C. The molecule has 108 valence electrons. The van der Waals surface area contributed by atoms with E-state index < -0.39 is 0 Å². The van der Waals surface area contributed by atoms with Crippen LogP contribution in [0.5, 0.6) is 0 Å². The van der Waals surface area contributed by atoms with E-state index >= 15 is 0 Å². The van der Waals surface area contributed by atoms with Crippen LogP contribution in [0.2, 0.25) is 5.15 Å². The predicted octanol–water partition coefficient (Wildman–Crippen LogP) is 3.50. The number of nitrogens with zero attached hydrogens (tertiary/aromatic N) is 3. The normalized spacial score (nSPS) is 11.2. The number of rotatable bonds is 3. The van der Waals surface area contributed by atoms with Crippen molar-refractivity contribution in [2.24, 2.45) is 0 Å². The number of nitrogens with two attached hydrogens (primary N) is 1. The van der Waals surface area contributed by atoms with Crippen molar-refractivity contribution < 1.29 is 0 Å². The Labute approximate surface area is 131 Å². The highest BCUT2D eigenvalue weighted by atomic mass is 35.5. The molecule has 21 heavy (non-hydrogen) atoms. The van der Waals surface area contributed by atoms with Gasteiger partial charge in [-0.05, 0) is 31.0 Å². The Morgan fingerprint density at radius 2 is 2.10 bits per heavy atom. The maximum absolute atomic E-state index is 6.30. The molecule has 0 radical (unpaired) electrons. The van der Waals surface area contributed by atoms with Crippen molar-refractivity contribution in [2.45, 2.75) is 24.8 Å². The van der Waals surface area contributed by atoms with Gasteiger partial charge in [0.25, 0.3) is 0 Å². The molecule has 1 aromatic carbocycles. The quantitative estimate of drug-likeness (QED) is 0.570. The Kier molecular flexibility index (Phi) is 3.73. The van der Waals surface area contributed by atoms with Crippen molar-refractivity contribution >= 4 is 40.2 Å². The lowest BCUT2D eigenvalue weighted by Gasteiger charge is -2.08. The van der Waals surface area contributed by atoms with Gasteiger partial charge in [0.05, 0.1) is 5.52 Å². The van der Waals surface area contributed by atoms with Crippen molar-refractivity contribution in [3.8, 4) is 0 Å². The van der Waals surface area contributed by atoms with Crippen molar-refractivity contribution in [2.75, 3.05) is 5.73 Å². The van der Waals surface area contributed by atoms with Gasteiger partial charge >= 0.3 is 0 Å². The van der Waals surface area contributed by atoms with Crippen LogP contribution >= 0.6 is 23.4 Å². The fraction of sp³-hybridized carbons (Fsp3) is 0.214. The largest absolute Gasteiger partial charge is 0.368 e. The van der Waals surface area contributed by atoms with Crippen LogP contribution in [0.25, 0.3) is 10.9 Å². The Morgan fingerprint density at radius 3 is 2.81 bits per heavy atom. The molecule has 0 aliphatic carbocycles. The first kappa shape index (κ1) is 14.2. The Morgan fingerprint density at radius 1 is 1.29 bits per heavy atom. The number of aryl methyl sites for hydroxylation is 2. The number of H-pyrrole nitrogens is 1. The van der Waals surface area contributed by atoms with Gasteiger partial charge in [-0.3, -0.25) is 0 Å². The van der Waals surface area contributed by atoms with E-state index in [4.69, 9.17) is 17.3 Å². The molecular formula is C14H14ClN5S. The maximum atomic E-state index is 6.30. The van der Waals surface area contributed by atoms with Crippen molar-refractivity contribution in [3.05, 3.63) is 40.0 Å². The number of nitrogens with one attached hydrogen (secondary N) is 1. The molecule has 0 bridgehead atoms. The first-order valence-corrected chi connectivity index (χ1v) is 7.77. The van der Waals surface area contributed by atoms with Gasteiger partial charge in [0.1, 0.15) is 5.15 Å². The van der Waals surface area contributed by atoms with E-state index in [9.17, 15) is 0 Å². The van der Waals surface area contributed by atoms with Crippen LogP contribution in [0.15, 0.2) is 23.4 Å². The number of aromatic amines is 1. The average molecular weight is 320 g/mol. The highest BCUT2D eigenvalue weighted by Gasteiger charge is 2.10. The molecule has 0 fully saturated rings. The topological polar surface area (TPSA) is 80.5 Å². The fourth-order valence-electron chi connectivity index (χ4n) is 2.07. The third kappa shape index (κ3) is 2.82. The van der Waals surface area contributed by atoms with E-state index in [1.807, 2.05) is 0 Å². The van der Waals surface area contributed by atoms with E-state index in [1.165, 1.54) is 17.3 Å². The van der Waals surface area contributed by atoms with E-state index in [0.717, 1.165) is 22.0 Å². The summed E-state index contributed by atoms with van der Waals surface area (Å²) in [6, 6.07) is 6.24. The molecule has 0 aliphatic rings. The molecule has 0 saturated heterocycles. The molecular weight excluding hydrogens is 306 g/mol. The molecule has 0 aliphatic heterocycles. The molecule has 3 aromatic rings. The average Bonchev–Trinajstić information content (AvgIpc) is 2.87.